The molecule has 0 fully saturated rings. The predicted molar refractivity (Wildman–Crippen MR) is 79.7 cm³/mol. The van der Waals surface area contributed by atoms with Crippen molar-refractivity contribution in [3.8, 4) is 0 Å². The molecule has 0 aliphatic carbocycles. The molecule has 0 unspecified atom stereocenters. The summed E-state index contributed by atoms with van der Waals surface area (Å²) < 4.78 is 13.4. The van der Waals surface area contributed by atoms with Crippen molar-refractivity contribution >= 4 is 23.3 Å². The Kier molecular flexibility index (Phi) is 4.34. The van der Waals surface area contributed by atoms with E-state index in [0.29, 0.717) is 18.2 Å². The smallest absolute Gasteiger partial charge is 0.223 e. The number of nitrogens with two attached hydrogens (primary N) is 1. The summed E-state index contributed by atoms with van der Waals surface area (Å²) in [6.07, 6.45) is 0. The molecule has 0 bridgehead atoms. The Morgan fingerprint density at radius 1 is 1.25 bits per heavy atom. The third kappa shape index (κ3) is 3.14. The van der Waals surface area contributed by atoms with E-state index in [-0.39, 0.29) is 11.8 Å². The number of halogens is 1. The number of aromatic nitrogens is 2. The molecule has 0 radical (unpaired) electrons. The van der Waals surface area contributed by atoms with Crippen LogP contribution in [0.2, 0.25) is 0 Å². The van der Waals surface area contributed by atoms with Crippen molar-refractivity contribution in [2.45, 2.75) is 13.8 Å². The fourth-order valence-corrected chi connectivity index (χ4v) is 1.98. The lowest BCUT2D eigenvalue weighted by molar-refractivity contribution is 0.627. The Hall–Kier alpha value is -2.37. The normalized spacial score (nSPS) is 10.3. The lowest BCUT2D eigenvalue weighted by Crippen LogP contribution is -2.19. The zero-order chi connectivity index (χ0) is 14.5. The maximum Gasteiger partial charge on any atom is 0.223 e. The van der Waals surface area contributed by atoms with Crippen LogP contribution in [0.5, 0.6) is 0 Å². The first-order chi connectivity index (χ1) is 9.63. The van der Waals surface area contributed by atoms with Crippen LogP contribution < -0.4 is 16.0 Å². The molecular formula is C14H18FN5. The molecule has 1 heterocycles. The predicted octanol–water partition coefficient (Wildman–Crippen LogP) is 2.79. The molecule has 5 nitrogen and oxygen atoms in total. The van der Waals surface area contributed by atoms with E-state index in [1.807, 2.05) is 24.8 Å². The molecule has 1 aromatic heterocycles. The summed E-state index contributed by atoms with van der Waals surface area (Å²) in [5.74, 6) is 1.20. The van der Waals surface area contributed by atoms with Crippen molar-refractivity contribution in [1.29, 1.82) is 0 Å². The maximum absolute atomic E-state index is 13.4. The molecule has 0 aliphatic heterocycles. The van der Waals surface area contributed by atoms with Gasteiger partial charge >= 0.3 is 0 Å². The number of rotatable bonds is 5. The number of nitrogens with one attached hydrogen (secondary N) is 1. The Morgan fingerprint density at radius 3 is 2.70 bits per heavy atom. The summed E-state index contributed by atoms with van der Waals surface area (Å²) in [6.45, 7) is 5.33. The fourth-order valence-electron chi connectivity index (χ4n) is 1.98. The minimum absolute atomic E-state index is 0.188. The Balaban J connectivity index is 2.41. The highest BCUT2D eigenvalue weighted by molar-refractivity contribution is 5.63. The highest BCUT2D eigenvalue weighted by atomic mass is 19.1. The van der Waals surface area contributed by atoms with Gasteiger partial charge in [0.1, 0.15) is 17.5 Å². The van der Waals surface area contributed by atoms with Crippen LogP contribution in [0.25, 0.3) is 0 Å². The fraction of sp³-hybridized carbons (Fsp3) is 0.286. The van der Waals surface area contributed by atoms with E-state index in [1.54, 1.807) is 12.1 Å². The summed E-state index contributed by atoms with van der Waals surface area (Å²) in [5, 5.41) is 3.10. The van der Waals surface area contributed by atoms with Crippen LogP contribution in [0, 0.1) is 5.82 Å². The van der Waals surface area contributed by atoms with Gasteiger partial charge in [0.25, 0.3) is 0 Å². The molecule has 6 heteroatoms. The van der Waals surface area contributed by atoms with E-state index in [9.17, 15) is 4.39 Å². The van der Waals surface area contributed by atoms with Crippen molar-refractivity contribution in [3.63, 3.8) is 0 Å². The minimum Gasteiger partial charge on any atom is -0.370 e. The first-order valence-corrected chi connectivity index (χ1v) is 6.55. The number of hydrogen-bond donors (Lipinski definition) is 2. The number of anilines is 4. The molecule has 0 saturated carbocycles. The van der Waals surface area contributed by atoms with E-state index in [1.165, 1.54) is 12.1 Å². The van der Waals surface area contributed by atoms with Gasteiger partial charge in [-0.2, -0.15) is 9.97 Å². The van der Waals surface area contributed by atoms with E-state index in [0.717, 1.165) is 12.2 Å². The standard InChI is InChI=1S/C14H18FN5/c1-3-17-12-9-13(19-14(16)18-12)20(4-2)11-7-5-6-10(15)8-11/h5-9H,3-4H2,1-2H3,(H3,16,17,18,19). The summed E-state index contributed by atoms with van der Waals surface area (Å²) >= 11 is 0. The first-order valence-electron chi connectivity index (χ1n) is 6.55. The van der Waals surface area contributed by atoms with Crippen molar-refractivity contribution in [1.82, 2.24) is 9.97 Å². The quantitative estimate of drug-likeness (QED) is 0.878. The lowest BCUT2D eigenvalue weighted by atomic mass is 10.2. The summed E-state index contributed by atoms with van der Waals surface area (Å²) in [7, 11) is 0. The third-order valence-electron chi connectivity index (χ3n) is 2.80. The Bertz CT molecular complexity index is 588. The van der Waals surface area contributed by atoms with Gasteiger partial charge < -0.3 is 16.0 Å². The van der Waals surface area contributed by atoms with Gasteiger partial charge in [0.2, 0.25) is 5.95 Å². The molecule has 3 N–H and O–H groups in total. The molecule has 2 aromatic rings. The van der Waals surface area contributed by atoms with Crippen LogP contribution in [0.3, 0.4) is 0 Å². The second-order valence-electron chi connectivity index (χ2n) is 4.22. The number of nitrogen functional groups attached to an aromatic ring is 1. The summed E-state index contributed by atoms with van der Waals surface area (Å²) in [5.41, 5.74) is 6.46. The second-order valence-corrected chi connectivity index (χ2v) is 4.22. The van der Waals surface area contributed by atoms with Crippen molar-refractivity contribution < 1.29 is 4.39 Å². The molecule has 0 spiro atoms. The van der Waals surface area contributed by atoms with Crippen molar-refractivity contribution in [3.05, 3.63) is 36.1 Å². The number of nitrogens with zero attached hydrogens (tertiary/aromatic N) is 3. The van der Waals surface area contributed by atoms with Crippen LogP contribution in [0.4, 0.5) is 27.7 Å². The van der Waals surface area contributed by atoms with Gasteiger partial charge in [-0.05, 0) is 32.0 Å². The van der Waals surface area contributed by atoms with Gasteiger partial charge in [0.05, 0.1) is 0 Å². The Morgan fingerprint density at radius 2 is 2.05 bits per heavy atom. The largest absolute Gasteiger partial charge is 0.370 e. The molecule has 2 rings (SSSR count). The van der Waals surface area contributed by atoms with Crippen LogP contribution in [-0.4, -0.2) is 23.1 Å². The molecule has 0 saturated heterocycles. The van der Waals surface area contributed by atoms with Gasteiger partial charge in [0, 0.05) is 24.8 Å². The Labute approximate surface area is 117 Å². The topological polar surface area (TPSA) is 67.1 Å². The highest BCUT2D eigenvalue weighted by Gasteiger charge is 2.12. The van der Waals surface area contributed by atoms with E-state index < -0.39 is 0 Å². The highest BCUT2D eigenvalue weighted by Crippen LogP contribution is 2.26. The molecular weight excluding hydrogens is 257 g/mol. The average Bonchev–Trinajstić information content (AvgIpc) is 2.39. The van der Waals surface area contributed by atoms with Gasteiger partial charge in [-0.1, -0.05) is 6.07 Å². The van der Waals surface area contributed by atoms with Gasteiger partial charge in [0.15, 0.2) is 0 Å². The van der Waals surface area contributed by atoms with E-state index in [2.05, 4.69) is 15.3 Å². The summed E-state index contributed by atoms with van der Waals surface area (Å²) in [4.78, 5) is 10.2. The average molecular weight is 275 g/mol. The summed E-state index contributed by atoms with van der Waals surface area (Å²) in [6, 6.07) is 8.18. The molecule has 106 valence electrons. The zero-order valence-corrected chi connectivity index (χ0v) is 11.6. The maximum atomic E-state index is 13.4. The number of hydrogen-bond acceptors (Lipinski definition) is 5. The van der Waals surface area contributed by atoms with Crippen LogP contribution in [0.15, 0.2) is 30.3 Å². The van der Waals surface area contributed by atoms with Crippen LogP contribution in [0.1, 0.15) is 13.8 Å². The molecule has 0 atom stereocenters. The zero-order valence-electron chi connectivity index (χ0n) is 11.6. The SMILES string of the molecule is CCNc1cc(N(CC)c2cccc(F)c2)nc(N)n1. The van der Waals surface area contributed by atoms with E-state index >= 15 is 0 Å². The molecule has 0 amide bonds. The second kappa shape index (κ2) is 6.18. The van der Waals surface area contributed by atoms with Crippen LogP contribution in [-0.2, 0) is 0 Å². The van der Waals surface area contributed by atoms with Crippen molar-refractivity contribution in [2.24, 2.45) is 0 Å². The lowest BCUT2D eigenvalue weighted by Gasteiger charge is -2.22. The monoisotopic (exact) mass is 275 g/mol. The van der Waals surface area contributed by atoms with Crippen LogP contribution >= 0.6 is 0 Å². The van der Waals surface area contributed by atoms with Gasteiger partial charge in [-0.3, -0.25) is 0 Å². The molecule has 1 aromatic carbocycles. The number of benzene rings is 1. The van der Waals surface area contributed by atoms with Gasteiger partial charge in [-0.15, -0.1) is 0 Å². The van der Waals surface area contributed by atoms with E-state index in [4.69, 9.17) is 5.73 Å². The van der Waals surface area contributed by atoms with Crippen molar-refractivity contribution in [2.75, 3.05) is 29.0 Å². The van der Waals surface area contributed by atoms with Gasteiger partial charge in [-0.25, -0.2) is 4.39 Å². The first kappa shape index (κ1) is 14.0. The molecule has 20 heavy (non-hydrogen) atoms. The minimum atomic E-state index is -0.283. The third-order valence-corrected chi connectivity index (χ3v) is 2.80. The molecule has 0 aliphatic rings.